The Morgan fingerprint density at radius 1 is 1.45 bits per heavy atom. The second-order valence-electron chi connectivity index (χ2n) is 5.88. The Kier molecular flexibility index (Phi) is 5.26. The molecule has 0 radical (unpaired) electrons. The molecule has 1 saturated heterocycles. The lowest BCUT2D eigenvalue weighted by Crippen LogP contribution is -2.30. The number of nitrogens with zero attached hydrogens (tertiary/aromatic N) is 1. The Morgan fingerprint density at radius 3 is 2.85 bits per heavy atom. The number of hydrogen-bond acceptors (Lipinski definition) is 4. The van der Waals surface area contributed by atoms with Crippen LogP contribution in [0.1, 0.15) is 25.8 Å². The molecular weight excluding hydrogens is 252 g/mol. The van der Waals surface area contributed by atoms with Crippen LogP contribution in [0.2, 0.25) is 0 Å². The molecule has 1 aromatic carbocycles. The summed E-state index contributed by atoms with van der Waals surface area (Å²) in [6.45, 7) is 8.75. The molecule has 2 N–H and O–H groups in total. The van der Waals surface area contributed by atoms with Gasteiger partial charge in [0, 0.05) is 19.1 Å². The lowest BCUT2D eigenvalue weighted by Gasteiger charge is -2.20. The Morgan fingerprint density at radius 2 is 2.25 bits per heavy atom. The summed E-state index contributed by atoms with van der Waals surface area (Å²) < 4.78 is 5.04. The van der Waals surface area contributed by atoms with Crippen LogP contribution in [-0.4, -0.2) is 42.8 Å². The summed E-state index contributed by atoms with van der Waals surface area (Å²) in [5.41, 5.74) is 1.09. The van der Waals surface area contributed by atoms with Crippen molar-refractivity contribution in [2.24, 2.45) is 5.92 Å². The zero-order chi connectivity index (χ0) is 14.5. The van der Waals surface area contributed by atoms with E-state index in [-0.39, 0.29) is 5.75 Å². The van der Waals surface area contributed by atoms with Gasteiger partial charge in [-0.2, -0.15) is 0 Å². The summed E-state index contributed by atoms with van der Waals surface area (Å²) in [7, 11) is 1.56. The van der Waals surface area contributed by atoms with E-state index in [0.29, 0.717) is 11.8 Å². The summed E-state index contributed by atoms with van der Waals surface area (Å²) in [5, 5.41) is 13.2. The third-order valence-electron chi connectivity index (χ3n) is 4.05. The number of rotatable bonds is 6. The Bertz CT molecular complexity index is 434. The van der Waals surface area contributed by atoms with Gasteiger partial charge in [-0.05, 0) is 57.0 Å². The predicted octanol–water partition coefficient (Wildman–Crippen LogP) is 2.22. The molecule has 2 rings (SSSR count). The molecule has 1 atom stereocenters. The average molecular weight is 278 g/mol. The molecule has 0 bridgehead atoms. The van der Waals surface area contributed by atoms with Crippen LogP contribution in [0, 0.1) is 5.92 Å². The van der Waals surface area contributed by atoms with Crippen LogP contribution < -0.4 is 10.1 Å². The van der Waals surface area contributed by atoms with Crippen molar-refractivity contribution in [3.8, 4) is 11.5 Å². The molecule has 0 saturated carbocycles. The summed E-state index contributed by atoms with van der Waals surface area (Å²) in [6, 6.07) is 6.21. The van der Waals surface area contributed by atoms with Crippen molar-refractivity contribution in [1.29, 1.82) is 0 Å². The molecule has 1 fully saturated rings. The quantitative estimate of drug-likeness (QED) is 0.837. The van der Waals surface area contributed by atoms with Gasteiger partial charge in [0.15, 0.2) is 11.5 Å². The number of methoxy groups -OCH3 is 1. The van der Waals surface area contributed by atoms with E-state index < -0.39 is 0 Å². The minimum absolute atomic E-state index is 0.207. The Labute approximate surface area is 121 Å². The fourth-order valence-corrected chi connectivity index (χ4v) is 2.76. The highest BCUT2D eigenvalue weighted by Gasteiger charge is 2.23. The first-order valence-electron chi connectivity index (χ1n) is 7.40. The molecular formula is C16H26N2O2. The monoisotopic (exact) mass is 278 g/mol. The predicted molar refractivity (Wildman–Crippen MR) is 81.2 cm³/mol. The van der Waals surface area contributed by atoms with Crippen molar-refractivity contribution >= 4 is 0 Å². The number of nitrogens with one attached hydrogen (secondary N) is 1. The SMILES string of the molecule is COc1ccc(CNCC2CCN(C(C)C)C2)cc1O. The van der Waals surface area contributed by atoms with Gasteiger partial charge in [-0.3, -0.25) is 0 Å². The van der Waals surface area contributed by atoms with Crippen LogP contribution in [-0.2, 0) is 6.54 Å². The van der Waals surface area contributed by atoms with Crippen molar-refractivity contribution < 1.29 is 9.84 Å². The van der Waals surface area contributed by atoms with Gasteiger partial charge in [0.25, 0.3) is 0 Å². The smallest absolute Gasteiger partial charge is 0.160 e. The molecule has 1 aromatic rings. The molecule has 4 nitrogen and oxygen atoms in total. The Hall–Kier alpha value is -1.26. The maximum absolute atomic E-state index is 9.74. The van der Waals surface area contributed by atoms with Gasteiger partial charge in [0.05, 0.1) is 7.11 Å². The van der Waals surface area contributed by atoms with Gasteiger partial charge in [-0.1, -0.05) is 6.07 Å². The van der Waals surface area contributed by atoms with Gasteiger partial charge in [0.1, 0.15) is 0 Å². The average Bonchev–Trinajstić information content (AvgIpc) is 2.88. The number of benzene rings is 1. The lowest BCUT2D eigenvalue weighted by molar-refractivity contribution is 0.264. The highest BCUT2D eigenvalue weighted by atomic mass is 16.5. The van der Waals surface area contributed by atoms with Crippen LogP contribution in [0.3, 0.4) is 0 Å². The van der Waals surface area contributed by atoms with Gasteiger partial charge in [-0.25, -0.2) is 0 Å². The molecule has 1 aliphatic rings. The lowest BCUT2D eigenvalue weighted by atomic mass is 10.1. The van der Waals surface area contributed by atoms with E-state index in [2.05, 4.69) is 24.1 Å². The highest BCUT2D eigenvalue weighted by molar-refractivity contribution is 5.41. The number of phenolic OH excluding ortho intramolecular Hbond substituents is 1. The van der Waals surface area contributed by atoms with Crippen molar-refractivity contribution in [3.63, 3.8) is 0 Å². The van der Waals surface area contributed by atoms with E-state index in [1.54, 1.807) is 13.2 Å². The number of likely N-dealkylation sites (tertiary alicyclic amines) is 1. The summed E-state index contributed by atoms with van der Waals surface area (Å²) >= 11 is 0. The van der Waals surface area contributed by atoms with Crippen LogP contribution >= 0.6 is 0 Å². The summed E-state index contributed by atoms with van der Waals surface area (Å²) in [6.07, 6.45) is 1.28. The largest absolute Gasteiger partial charge is 0.504 e. The molecule has 1 unspecified atom stereocenters. The van der Waals surface area contributed by atoms with Gasteiger partial charge < -0.3 is 20.1 Å². The van der Waals surface area contributed by atoms with Crippen LogP contribution in [0.4, 0.5) is 0 Å². The highest BCUT2D eigenvalue weighted by Crippen LogP contribution is 2.26. The third-order valence-corrected chi connectivity index (χ3v) is 4.05. The fourth-order valence-electron chi connectivity index (χ4n) is 2.76. The van der Waals surface area contributed by atoms with E-state index in [9.17, 15) is 5.11 Å². The maximum Gasteiger partial charge on any atom is 0.160 e. The fraction of sp³-hybridized carbons (Fsp3) is 0.625. The summed E-state index contributed by atoms with van der Waals surface area (Å²) in [4.78, 5) is 2.53. The molecule has 1 heterocycles. The zero-order valence-corrected chi connectivity index (χ0v) is 12.7. The minimum Gasteiger partial charge on any atom is -0.504 e. The molecule has 0 spiro atoms. The van der Waals surface area contributed by atoms with E-state index >= 15 is 0 Å². The number of hydrogen-bond donors (Lipinski definition) is 2. The first-order chi connectivity index (χ1) is 9.60. The second-order valence-corrected chi connectivity index (χ2v) is 5.88. The standard InChI is InChI=1S/C16H26N2O2/c1-12(2)18-7-6-14(11-18)10-17-9-13-4-5-16(20-3)15(19)8-13/h4-5,8,12,14,17,19H,6-7,9-11H2,1-3H3. The second kappa shape index (κ2) is 6.95. The van der Waals surface area contributed by atoms with Crippen molar-refractivity contribution in [2.75, 3.05) is 26.7 Å². The van der Waals surface area contributed by atoms with Crippen LogP contribution in [0.15, 0.2) is 18.2 Å². The topological polar surface area (TPSA) is 44.7 Å². The van der Waals surface area contributed by atoms with E-state index in [1.807, 2.05) is 12.1 Å². The minimum atomic E-state index is 0.207. The van der Waals surface area contributed by atoms with Crippen molar-refractivity contribution in [2.45, 2.75) is 32.9 Å². The first-order valence-corrected chi connectivity index (χ1v) is 7.40. The zero-order valence-electron chi connectivity index (χ0n) is 12.7. The Balaban J connectivity index is 1.75. The van der Waals surface area contributed by atoms with Crippen LogP contribution in [0.25, 0.3) is 0 Å². The van der Waals surface area contributed by atoms with Gasteiger partial charge >= 0.3 is 0 Å². The van der Waals surface area contributed by atoms with Gasteiger partial charge in [0.2, 0.25) is 0 Å². The molecule has 20 heavy (non-hydrogen) atoms. The third kappa shape index (κ3) is 3.87. The molecule has 1 aliphatic heterocycles. The number of aromatic hydroxyl groups is 1. The normalized spacial score (nSPS) is 19.7. The number of phenols is 1. The summed E-state index contributed by atoms with van der Waals surface area (Å²) in [5.74, 6) is 1.47. The van der Waals surface area contributed by atoms with E-state index in [4.69, 9.17) is 4.74 Å². The molecule has 4 heteroatoms. The van der Waals surface area contributed by atoms with Crippen molar-refractivity contribution in [1.82, 2.24) is 10.2 Å². The van der Waals surface area contributed by atoms with E-state index in [0.717, 1.165) is 24.6 Å². The molecule has 112 valence electrons. The molecule has 0 aliphatic carbocycles. The van der Waals surface area contributed by atoms with Gasteiger partial charge in [-0.15, -0.1) is 0 Å². The van der Waals surface area contributed by atoms with E-state index in [1.165, 1.54) is 19.5 Å². The maximum atomic E-state index is 9.74. The number of ether oxygens (including phenoxy) is 1. The van der Waals surface area contributed by atoms with Crippen molar-refractivity contribution in [3.05, 3.63) is 23.8 Å². The first kappa shape index (κ1) is 15.1. The molecule has 0 aromatic heterocycles. The molecule has 0 amide bonds. The van der Waals surface area contributed by atoms with Crippen LogP contribution in [0.5, 0.6) is 11.5 Å².